The minimum atomic E-state index is -0.359. The van der Waals surface area contributed by atoms with Gasteiger partial charge in [-0.3, -0.25) is 9.69 Å². The van der Waals surface area contributed by atoms with E-state index in [1.807, 2.05) is 25.5 Å². The molecular formula is C12H16N4O2. The molecular weight excluding hydrogens is 232 g/mol. The molecule has 96 valence electrons. The molecule has 18 heavy (non-hydrogen) atoms. The zero-order valence-electron chi connectivity index (χ0n) is 10.8. The van der Waals surface area contributed by atoms with E-state index in [9.17, 15) is 9.59 Å². The molecule has 0 radical (unpaired) electrons. The standard InChI is InChI=1S/C12H16N4O2/c1-7(2)16-11(17)9-4-8-10(14(3)6-13-8)5-15(9)12(16)18/h6-7,9H,4-5H2,1-3H3. The average molecular weight is 248 g/mol. The zero-order chi connectivity index (χ0) is 13.0. The molecule has 0 aromatic carbocycles. The molecule has 6 nitrogen and oxygen atoms in total. The number of carbonyl (C=O) groups excluding carboxylic acids is 2. The van der Waals surface area contributed by atoms with E-state index in [1.165, 1.54) is 4.90 Å². The van der Waals surface area contributed by atoms with Gasteiger partial charge in [0, 0.05) is 19.5 Å². The van der Waals surface area contributed by atoms with E-state index in [1.54, 1.807) is 11.2 Å². The molecule has 0 spiro atoms. The first-order chi connectivity index (χ1) is 8.50. The van der Waals surface area contributed by atoms with Crippen molar-refractivity contribution in [3.8, 4) is 0 Å². The Labute approximate surface area is 105 Å². The second kappa shape index (κ2) is 3.57. The third kappa shape index (κ3) is 1.31. The summed E-state index contributed by atoms with van der Waals surface area (Å²) in [6.07, 6.45) is 2.27. The Balaban J connectivity index is 1.98. The lowest BCUT2D eigenvalue weighted by molar-refractivity contribution is -0.129. The van der Waals surface area contributed by atoms with Gasteiger partial charge in [-0.2, -0.15) is 0 Å². The first kappa shape index (κ1) is 11.3. The zero-order valence-corrected chi connectivity index (χ0v) is 10.8. The third-order valence-electron chi connectivity index (χ3n) is 3.72. The van der Waals surface area contributed by atoms with Crippen LogP contribution in [0.5, 0.6) is 0 Å². The maximum Gasteiger partial charge on any atom is 0.328 e. The SMILES string of the molecule is CC(C)N1C(=O)C2Cc3ncn(C)c3CN2C1=O. The molecule has 1 atom stereocenters. The molecule has 2 aliphatic heterocycles. The van der Waals surface area contributed by atoms with Crippen LogP contribution >= 0.6 is 0 Å². The van der Waals surface area contributed by atoms with E-state index in [-0.39, 0.29) is 24.0 Å². The highest BCUT2D eigenvalue weighted by atomic mass is 16.2. The van der Waals surface area contributed by atoms with Crippen LogP contribution < -0.4 is 0 Å². The summed E-state index contributed by atoms with van der Waals surface area (Å²) in [5, 5.41) is 0. The number of rotatable bonds is 1. The quantitative estimate of drug-likeness (QED) is 0.681. The second-order valence-electron chi connectivity index (χ2n) is 5.18. The summed E-state index contributed by atoms with van der Waals surface area (Å²) in [5.74, 6) is -0.0914. The van der Waals surface area contributed by atoms with Crippen LogP contribution in [0.3, 0.4) is 0 Å². The smallest absolute Gasteiger partial charge is 0.328 e. The van der Waals surface area contributed by atoms with E-state index in [4.69, 9.17) is 0 Å². The molecule has 1 aromatic rings. The molecule has 1 fully saturated rings. The van der Waals surface area contributed by atoms with Gasteiger partial charge in [0.25, 0.3) is 5.91 Å². The van der Waals surface area contributed by atoms with Gasteiger partial charge in [-0.25, -0.2) is 9.78 Å². The van der Waals surface area contributed by atoms with Gasteiger partial charge in [-0.05, 0) is 13.8 Å². The van der Waals surface area contributed by atoms with E-state index in [0.717, 1.165) is 11.4 Å². The second-order valence-corrected chi connectivity index (χ2v) is 5.18. The van der Waals surface area contributed by atoms with Gasteiger partial charge in [0.15, 0.2) is 0 Å². The Kier molecular flexibility index (Phi) is 2.23. The van der Waals surface area contributed by atoms with Gasteiger partial charge in [0.1, 0.15) is 6.04 Å². The van der Waals surface area contributed by atoms with Crippen molar-refractivity contribution in [2.24, 2.45) is 7.05 Å². The third-order valence-corrected chi connectivity index (χ3v) is 3.72. The van der Waals surface area contributed by atoms with Crippen LogP contribution in [0, 0.1) is 0 Å². The molecule has 1 saturated heterocycles. The highest BCUT2D eigenvalue weighted by Gasteiger charge is 2.48. The molecule has 1 aromatic heterocycles. The van der Waals surface area contributed by atoms with E-state index >= 15 is 0 Å². The first-order valence-corrected chi connectivity index (χ1v) is 6.13. The number of hydrogen-bond acceptors (Lipinski definition) is 3. The Morgan fingerprint density at radius 1 is 1.39 bits per heavy atom. The molecule has 0 aliphatic carbocycles. The minimum Gasteiger partial charge on any atom is -0.336 e. The van der Waals surface area contributed by atoms with Gasteiger partial charge >= 0.3 is 6.03 Å². The van der Waals surface area contributed by atoms with Crippen LogP contribution in [-0.2, 0) is 24.8 Å². The summed E-state index contributed by atoms with van der Waals surface area (Å²) in [6.45, 7) is 4.20. The predicted octanol–water partition coefficient (Wildman–Crippen LogP) is 0.517. The van der Waals surface area contributed by atoms with E-state index in [0.29, 0.717) is 13.0 Å². The van der Waals surface area contributed by atoms with Gasteiger partial charge in [-0.15, -0.1) is 0 Å². The summed E-state index contributed by atoms with van der Waals surface area (Å²) >= 11 is 0. The fraction of sp³-hybridized carbons (Fsp3) is 0.583. The predicted molar refractivity (Wildman–Crippen MR) is 63.6 cm³/mol. The Hall–Kier alpha value is -1.85. The maximum atomic E-state index is 12.2. The largest absolute Gasteiger partial charge is 0.336 e. The highest BCUT2D eigenvalue weighted by Crippen LogP contribution is 2.30. The van der Waals surface area contributed by atoms with Gasteiger partial charge in [-0.1, -0.05) is 0 Å². The Bertz CT molecular complexity index is 534. The minimum absolute atomic E-state index is 0.0910. The normalized spacial score (nSPS) is 22.8. The van der Waals surface area contributed by atoms with Crippen molar-refractivity contribution in [2.45, 2.75) is 38.9 Å². The number of aryl methyl sites for hydroxylation is 1. The lowest BCUT2D eigenvalue weighted by atomic mass is 10.0. The Morgan fingerprint density at radius 3 is 2.78 bits per heavy atom. The van der Waals surface area contributed by atoms with Crippen LogP contribution in [0.15, 0.2) is 6.33 Å². The lowest BCUT2D eigenvalue weighted by Crippen LogP contribution is -2.40. The van der Waals surface area contributed by atoms with Gasteiger partial charge < -0.3 is 9.47 Å². The van der Waals surface area contributed by atoms with Crippen LogP contribution in [0.1, 0.15) is 25.2 Å². The Morgan fingerprint density at radius 2 is 2.11 bits per heavy atom. The van der Waals surface area contributed by atoms with Crippen LogP contribution in [0.4, 0.5) is 4.79 Å². The summed E-state index contributed by atoms with van der Waals surface area (Å²) in [5.41, 5.74) is 1.96. The summed E-state index contributed by atoms with van der Waals surface area (Å²) in [6, 6.07) is -0.624. The summed E-state index contributed by atoms with van der Waals surface area (Å²) in [7, 11) is 1.91. The van der Waals surface area contributed by atoms with Crippen molar-refractivity contribution in [1.29, 1.82) is 0 Å². The van der Waals surface area contributed by atoms with Crippen LogP contribution in [0.25, 0.3) is 0 Å². The summed E-state index contributed by atoms with van der Waals surface area (Å²) < 4.78 is 1.92. The number of imidazole rings is 1. The topological polar surface area (TPSA) is 58.4 Å². The lowest BCUT2D eigenvalue weighted by Gasteiger charge is -2.26. The van der Waals surface area contributed by atoms with Crippen molar-refractivity contribution in [3.05, 3.63) is 17.7 Å². The van der Waals surface area contributed by atoms with Gasteiger partial charge in [0.05, 0.1) is 24.3 Å². The van der Waals surface area contributed by atoms with E-state index < -0.39 is 0 Å². The van der Waals surface area contributed by atoms with E-state index in [2.05, 4.69) is 4.98 Å². The number of imide groups is 1. The molecule has 3 rings (SSSR count). The number of fused-ring (bicyclic) bond motifs is 2. The fourth-order valence-corrected chi connectivity index (χ4v) is 2.73. The number of urea groups is 1. The molecule has 2 aliphatic rings. The number of hydrogen-bond donors (Lipinski definition) is 0. The molecule has 1 unspecified atom stereocenters. The number of aromatic nitrogens is 2. The molecule has 0 saturated carbocycles. The monoisotopic (exact) mass is 248 g/mol. The first-order valence-electron chi connectivity index (χ1n) is 6.13. The highest BCUT2D eigenvalue weighted by molar-refractivity contribution is 6.04. The van der Waals surface area contributed by atoms with Crippen molar-refractivity contribution in [2.75, 3.05) is 0 Å². The number of amides is 3. The van der Waals surface area contributed by atoms with Crippen molar-refractivity contribution >= 4 is 11.9 Å². The number of carbonyl (C=O) groups is 2. The molecule has 3 amide bonds. The molecule has 0 N–H and O–H groups in total. The fourth-order valence-electron chi connectivity index (χ4n) is 2.73. The molecule has 0 bridgehead atoms. The molecule has 6 heteroatoms. The van der Waals surface area contributed by atoms with Crippen LogP contribution in [0.2, 0.25) is 0 Å². The van der Waals surface area contributed by atoms with Crippen molar-refractivity contribution in [3.63, 3.8) is 0 Å². The van der Waals surface area contributed by atoms with Crippen LogP contribution in [-0.4, -0.2) is 43.4 Å². The van der Waals surface area contributed by atoms with Crippen molar-refractivity contribution in [1.82, 2.24) is 19.4 Å². The molecule has 3 heterocycles. The summed E-state index contributed by atoms with van der Waals surface area (Å²) in [4.78, 5) is 31.8. The average Bonchev–Trinajstić information content (AvgIpc) is 2.79. The van der Waals surface area contributed by atoms with Gasteiger partial charge in [0.2, 0.25) is 0 Å². The van der Waals surface area contributed by atoms with Crippen molar-refractivity contribution < 1.29 is 9.59 Å². The number of nitrogens with zero attached hydrogens (tertiary/aromatic N) is 4. The maximum absolute atomic E-state index is 12.2.